The number of amides is 1. The molecule has 1 heterocycles. The second-order valence-electron chi connectivity index (χ2n) is 4.89. The van der Waals surface area contributed by atoms with Crippen molar-refractivity contribution in [3.8, 4) is 0 Å². The van der Waals surface area contributed by atoms with E-state index in [2.05, 4.69) is 10.2 Å². The van der Waals surface area contributed by atoms with Crippen molar-refractivity contribution in [3.63, 3.8) is 0 Å². The van der Waals surface area contributed by atoms with Gasteiger partial charge >= 0.3 is 0 Å². The quantitative estimate of drug-likeness (QED) is 0.841. The van der Waals surface area contributed by atoms with Crippen LogP contribution in [0.5, 0.6) is 0 Å². The van der Waals surface area contributed by atoms with E-state index in [4.69, 9.17) is 4.74 Å². The molecule has 2 rings (SSSR count). The Morgan fingerprint density at radius 1 is 1.40 bits per heavy atom. The molecule has 0 spiro atoms. The van der Waals surface area contributed by atoms with Gasteiger partial charge in [0.15, 0.2) is 0 Å². The largest absolute Gasteiger partial charge is 0.379 e. The lowest BCUT2D eigenvalue weighted by Crippen LogP contribution is -2.41. The number of nitrogens with one attached hydrogen (secondary N) is 1. The second-order valence-corrected chi connectivity index (χ2v) is 5.77. The molecular weight excluding hydrogens is 272 g/mol. The van der Waals surface area contributed by atoms with Crippen molar-refractivity contribution in [2.24, 2.45) is 0 Å². The summed E-state index contributed by atoms with van der Waals surface area (Å²) in [6.45, 7) is 7.04. The number of aryl methyl sites for hydroxylation is 1. The Morgan fingerprint density at radius 2 is 2.15 bits per heavy atom. The van der Waals surface area contributed by atoms with Gasteiger partial charge in [-0.3, -0.25) is 9.69 Å². The Bertz CT molecular complexity index is 459. The molecule has 110 valence electrons. The Kier molecular flexibility index (Phi) is 5.88. The first-order chi connectivity index (χ1) is 9.70. The van der Waals surface area contributed by atoms with Gasteiger partial charge < -0.3 is 10.1 Å². The molecule has 1 aromatic carbocycles. The standard InChI is InChI=1S/C15H22N2O2S/c1-12-3-4-13(20-2)11-14(12)15(18)16-5-6-17-7-9-19-10-8-17/h3-4,11H,5-10H2,1-2H3,(H,16,18). The molecule has 1 aliphatic rings. The van der Waals surface area contributed by atoms with Crippen LogP contribution in [-0.4, -0.2) is 56.5 Å². The summed E-state index contributed by atoms with van der Waals surface area (Å²) in [4.78, 5) is 15.6. The molecule has 1 aliphatic heterocycles. The summed E-state index contributed by atoms with van der Waals surface area (Å²) < 4.78 is 5.31. The van der Waals surface area contributed by atoms with E-state index in [9.17, 15) is 4.79 Å². The molecule has 1 fully saturated rings. The fourth-order valence-electron chi connectivity index (χ4n) is 2.22. The highest BCUT2D eigenvalue weighted by molar-refractivity contribution is 7.98. The highest BCUT2D eigenvalue weighted by Gasteiger charge is 2.12. The molecule has 0 aliphatic carbocycles. The molecule has 5 heteroatoms. The molecular formula is C15H22N2O2S. The number of carbonyl (C=O) groups excluding carboxylic acids is 1. The Morgan fingerprint density at radius 3 is 2.85 bits per heavy atom. The lowest BCUT2D eigenvalue weighted by atomic mass is 10.1. The van der Waals surface area contributed by atoms with E-state index in [0.29, 0.717) is 6.54 Å². The van der Waals surface area contributed by atoms with Crippen LogP contribution in [0.2, 0.25) is 0 Å². The fraction of sp³-hybridized carbons (Fsp3) is 0.533. The van der Waals surface area contributed by atoms with Crippen LogP contribution >= 0.6 is 11.8 Å². The SMILES string of the molecule is CSc1ccc(C)c(C(=O)NCCN2CCOCC2)c1. The zero-order chi connectivity index (χ0) is 14.4. The van der Waals surface area contributed by atoms with E-state index in [-0.39, 0.29) is 5.91 Å². The van der Waals surface area contributed by atoms with Gasteiger partial charge in [0, 0.05) is 36.6 Å². The molecule has 0 unspecified atom stereocenters. The van der Waals surface area contributed by atoms with Crippen LogP contribution < -0.4 is 5.32 Å². The van der Waals surface area contributed by atoms with E-state index in [1.54, 1.807) is 11.8 Å². The van der Waals surface area contributed by atoms with E-state index in [0.717, 1.165) is 48.9 Å². The number of benzene rings is 1. The van der Waals surface area contributed by atoms with Crippen LogP contribution in [0.4, 0.5) is 0 Å². The number of morpholine rings is 1. The minimum atomic E-state index is 0.0201. The lowest BCUT2D eigenvalue weighted by molar-refractivity contribution is 0.0383. The fourth-order valence-corrected chi connectivity index (χ4v) is 2.66. The van der Waals surface area contributed by atoms with Gasteiger partial charge in [-0.05, 0) is 30.9 Å². The van der Waals surface area contributed by atoms with Crippen molar-refractivity contribution in [3.05, 3.63) is 29.3 Å². The predicted molar refractivity (Wildman–Crippen MR) is 82.6 cm³/mol. The summed E-state index contributed by atoms with van der Waals surface area (Å²) in [6, 6.07) is 6.01. The number of rotatable bonds is 5. The van der Waals surface area contributed by atoms with Crippen molar-refractivity contribution in [2.75, 3.05) is 45.6 Å². The zero-order valence-electron chi connectivity index (χ0n) is 12.1. The van der Waals surface area contributed by atoms with E-state index >= 15 is 0 Å². The van der Waals surface area contributed by atoms with Crippen molar-refractivity contribution < 1.29 is 9.53 Å². The normalized spacial score (nSPS) is 16.1. The van der Waals surface area contributed by atoms with E-state index in [1.165, 1.54) is 0 Å². The minimum absolute atomic E-state index is 0.0201. The molecule has 1 N–H and O–H groups in total. The zero-order valence-corrected chi connectivity index (χ0v) is 13.0. The molecule has 0 aromatic heterocycles. The number of hydrogen-bond donors (Lipinski definition) is 1. The van der Waals surface area contributed by atoms with E-state index < -0.39 is 0 Å². The third-order valence-corrected chi connectivity index (χ3v) is 4.23. The second kappa shape index (κ2) is 7.67. The van der Waals surface area contributed by atoms with Gasteiger partial charge in [-0.1, -0.05) is 6.07 Å². The van der Waals surface area contributed by atoms with Crippen molar-refractivity contribution in [2.45, 2.75) is 11.8 Å². The maximum atomic E-state index is 12.2. The van der Waals surface area contributed by atoms with Crippen molar-refractivity contribution in [1.29, 1.82) is 0 Å². The van der Waals surface area contributed by atoms with Crippen LogP contribution in [0.3, 0.4) is 0 Å². The summed E-state index contributed by atoms with van der Waals surface area (Å²) >= 11 is 1.65. The van der Waals surface area contributed by atoms with Crippen molar-refractivity contribution in [1.82, 2.24) is 10.2 Å². The van der Waals surface area contributed by atoms with Gasteiger partial charge in [-0.25, -0.2) is 0 Å². The Hall–Kier alpha value is -1.04. The number of nitrogens with zero attached hydrogens (tertiary/aromatic N) is 1. The third-order valence-electron chi connectivity index (χ3n) is 3.51. The summed E-state index contributed by atoms with van der Waals surface area (Å²) in [5, 5.41) is 3.01. The monoisotopic (exact) mass is 294 g/mol. The molecule has 0 bridgehead atoms. The van der Waals surface area contributed by atoms with E-state index in [1.807, 2.05) is 31.4 Å². The first kappa shape index (κ1) is 15.4. The first-order valence-corrected chi connectivity index (χ1v) is 8.16. The average molecular weight is 294 g/mol. The number of thioether (sulfide) groups is 1. The Balaban J connectivity index is 1.84. The Labute approximate surface area is 124 Å². The summed E-state index contributed by atoms with van der Waals surface area (Å²) in [5.41, 5.74) is 1.80. The summed E-state index contributed by atoms with van der Waals surface area (Å²) in [5.74, 6) is 0.0201. The van der Waals surface area contributed by atoms with Gasteiger partial charge in [-0.2, -0.15) is 0 Å². The van der Waals surface area contributed by atoms with Crippen LogP contribution in [0.1, 0.15) is 15.9 Å². The molecule has 1 amide bonds. The van der Waals surface area contributed by atoms with Crippen molar-refractivity contribution >= 4 is 17.7 Å². The van der Waals surface area contributed by atoms with Crippen LogP contribution in [0.15, 0.2) is 23.1 Å². The maximum Gasteiger partial charge on any atom is 0.251 e. The number of carbonyl (C=O) groups is 1. The topological polar surface area (TPSA) is 41.6 Å². The summed E-state index contributed by atoms with van der Waals surface area (Å²) in [7, 11) is 0. The first-order valence-electron chi connectivity index (χ1n) is 6.93. The maximum absolute atomic E-state index is 12.2. The van der Waals surface area contributed by atoms with Gasteiger partial charge in [0.1, 0.15) is 0 Å². The smallest absolute Gasteiger partial charge is 0.251 e. The lowest BCUT2D eigenvalue weighted by Gasteiger charge is -2.26. The molecule has 20 heavy (non-hydrogen) atoms. The highest BCUT2D eigenvalue weighted by Crippen LogP contribution is 2.18. The molecule has 0 saturated carbocycles. The van der Waals surface area contributed by atoms with Gasteiger partial charge in [0.05, 0.1) is 13.2 Å². The van der Waals surface area contributed by atoms with Gasteiger partial charge in [-0.15, -0.1) is 11.8 Å². The molecule has 1 saturated heterocycles. The molecule has 4 nitrogen and oxygen atoms in total. The number of hydrogen-bond acceptors (Lipinski definition) is 4. The van der Waals surface area contributed by atoms with Crippen LogP contribution in [0.25, 0.3) is 0 Å². The highest BCUT2D eigenvalue weighted by atomic mass is 32.2. The summed E-state index contributed by atoms with van der Waals surface area (Å²) in [6.07, 6.45) is 2.02. The molecule has 0 atom stereocenters. The predicted octanol–water partition coefficient (Wildman–Crippen LogP) is 1.78. The van der Waals surface area contributed by atoms with Gasteiger partial charge in [0.2, 0.25) is 0 Å². The van der Waals surface area contributed by atoms with Crippen LogP contribution in [0, 0.1) is 6.92 Å². The average Bonchev–Trinajstić information content (AvgIpc) is 2.48. The molecule has 1 aromatic rings. The number of ether oxygens (including phenoxy) is 1. The van der Waals surface area contributed by atoms with Crippen LogP contribution in [-0.2, 0) is 4.74 Å². The van der Waals surface area contributed by atoms with Gasteiger partial charge in [0.25, 0.3) is 5.91 Å². The molecule has 0 radical (unpaired) electrons. The minimum Gasteiger partial charge on any atom is -0.379 e. The third kappa shape index (κ3) is 4.23.